The van der Waals surface area contributed by atoms with Crippen LogP contribution in [0.4, 0.5) is 4.79 Å². The van der Waals surface area contributed by atoms with Gasteiger partial charge in [0.05, 0.1) is 6.04 Å². The predicted molar refractivity (Wildman–Crippen MR) is 100 cm³/mol. The number of amides is 2. The van der Waals surface area contributed by atoms with E-state index in [0.717, 1.165) is 5.56 Å². The average molecular weight is 373 g/mol. The van der Waals surface area contributed by atoms with E-state index in [1.54, 1.807) is 24.3 Å². The number of rotatable bonds is 4. The molecule has 1 fully saturated rings. The molecule has 0 saturated carbocycles. The van der Waals surface area contributed by atoms with Crippen molar-refractivity contribution in [2.24, 2.45) is 5.92 Å². The first kappa shape index (κ1) is 18.3. The molecule has 5 nitrogen and oxygen atoms in total. The Labute approximate surface area is 157 Å². The minimum Gasteiger partial charge on any atom is -0.465 e. The summed E-state index contributed by atoms with van der Waals surface area (Å²) in [6, 6.07) is 16.5. The Balaban J connectivity index is 1.77. The van der Waals surface area contributed by atoms with Crippen LogP contribution in [0.25, 0.3) is 0 Å². The van der Waals surface area contributed by atoms with Crippen LogP contribution in [-0.4, -0.2) is 35.1 Å². The van der Waals surface area contributed by atoms with E-state index in [2.05, 4.69) is 5.32 Å². The van der Waals surface area contributed by atoms with Crippen LogP contribution in [0.15, 0.2) is 54.6 Å². The molecule has 0 aromatic heterocycles. The van der Waals surface area contributed by atoms with Crippen molar-refractivity contribution < 1.29 is 14.7 Å². The molecule has 136 valence electrons. The van der Waals surface area contributed by atoms with E-state index in [1.165, 1.54) is 4.90 Å². The molecule has 2 aromatic carbocycles. The van der Waals surface area contributed by atoms with Crippen molar-refractivity contribution in [1.29, 1.82) is 0 Å². The number of piperidine rings is 1. The van der Waals surface area contributed by atoms with Gasteiger partial charge in [0.1, 0.15) is 0 Å². The highest BCUT2D eigenvalue weighted by Crippen LogP contribution is 2.31. The van der Waals surface area contributed by atoms with Crippen molar-refractivity contribution in [3.05, 3.63) is 70.7 Å². The summed E-state index contributed by atoms with van der Waals surface area (Å²) in [5.74, 6) is 0.0282. The Hall–Kier alpha value is -2.53. The fraction of sp³-hybridized carbons (Fsp3) is 0.300. The van der Waals surface area contributed by atoms with Crippen LogP contribution >= 0.6 is 11.6 Å². The molecule has 26 heavy (non-hydrogen) atoms. The topological polar surface area (TPSA) is 69.6 Å². The molecular weight excluding hydrogens is 352 g/mol. The van der Waals surface area contributed by atoms with E-state index >= 15 is 0 Å². The van der Waals surface area contributed by atoms with Crippen LogP contribution in [0.1, 0.15) is 34.8 Å². The summed E-state index contributed by atoms with van der Waals surface area (Å²) in [6.07, 6.45) is 0.546. The number of carbonyl (C=O) groups excluding carboxylic acids is 1. The number of benzene rings is 2. The van der Waals surface area contributed by atoms with E-state index in [1.807, 2.05) is 30.3 Å². The zero-order valence-corrected chi connectivity index (χ0v) is 15.0. The summed E-state index contributed by atoms with van der Waals surface area (Å²) in [7, 11) is 0. The molecule has 1 aliphatic heterocycles. The van der Waals surface area contributed by atoms with Crippen molar-refractivity contribution >= 4 is 23.6 Å². The summed E-state index contributed by atoms with van der Waals surface area (Å²) in [5, 5.41) is 12.9. The molecule has 1 heterocycles. The highest BCUT2D eigenvalue weighted by atomic mass is 35.5. The summed E-state index contributed by atoms with van der Waals surface area (Å²) < 4.78 is 0. The first-order valence-corrected chi connectivity index (χ1v) is 9.01. The molecule has 3 rings (SSSR count). The molecule has 6 heteroatoms. The molecule has 0 aliphatic carbocycles. The van der Waals surface area contributed by atoms with Gasteiger partial charge in [0.15, 0.2) is 0 Å². The van der Waals surface area contributed by atoms with Crippen LogP contribution in [0.3, 0.4) is 0 Å². The van der Waals surface area contributed by atoms with Gasteiger partial charge in [-0.05, 0) is 48.6 Å². The lowest BCUT2D eigenvalue weighted by Crippen LogP contribution is -2.42. The van der Waals surface area contributed by atoms with E-state index in [0.29, 0.717) is 36.5 Å². The van der Waals surface area contributed by atoms with Crippen LogP contribution in [-0.2, 0) is 0 Å². The summed E-state index contributed by atoms with van der Waals surface area (Å²) in [6.45, 7) is 0.973. The smallest absolute Gasteiger partial charge is 0.407 e. The maximum absolute atomic E-state index is 12.7. The fourth-order valence-corrected chi connectivity index (χ4v) is 3.51. The number of likely N-dealkylation sites (tertiary alicyclic amines) is 1. The highest BCUT2D eigenvalue weighted by molar-refractivity contribution is 6.30. The Morgan fingerprint density at radius 1 is 1.04 bits per heavy atom. The molecule has 2 aromatic rings. The van der Waals surface area contributed by atoms with E-state index in [-0.39, 0.29) is 17.9 Å². The Morgan fingerprint density at radius 3 is 2.23 bits per heavy atom. The highest BCUT2D eigenvalue weighted by Gasteiger charge is 2.30. The standard InChI is InChI=1S/C20H21ClN2O3/c21-17-8-6-16(7-9-17)19(24)22-18(14-4-2-1-3-5-14)15-10-12-23(13-11-15)20(25)26/h1-9,15,18H,10-13H2,(H,22,24)(H,25,26)/t18-/m1/s1. The van der Waals surface area contributed by atoms with Crippen LogP contribution in [0, 0.1) is 5.92 Å². The maximum atomic E-state index is 12.7. The first-order valence-electron chi connectivity index (χ1n) is 8.64. The predicted octanol–water partition coefficient (Wildman–Crippen LogP) is 4.20. The third-order valence-electron chi connectivity index (χ3n) is 4.83. The molecule has 1 saturated heterocycles. The lowest BCUT2D eigenvalue weighted by atomic mass is 9.85. The van der Waals surface area contributed by atoms with Gasteiger partial charge in [0, 0.05) is 23.7 Å². The van der Waals surface area contributed by atoms with Gasteiger partial charge in [0.2, 0.25) is 0 Å². The molecule has 1 aliphatic rings. The average Bonchev–Trinajstić information content (AvgIpc) is 2.67. The summed E-state index contributed by atoms with van der Waals surface area (Å²) in [4.78, 5) is 25.3. The van der Waals surface area contributed by atoms with Crippen molar-refractivity contribution in [1.82, 2.24) is 10.2 Å². The van der Waals surface area contributed by atoms with Crippen LogP contribution < -0.4 is 5.32 Å². The van der Waals surface area contributed by atoms with Gasteiger partial charge < -0.3 is 15.3 Å². The monoisotopic (exact) mass is 372 g/mol. The second kappa shape index (κ2) is 8.23. The second-order valence-electron chi connectivity index (χ2n) is 6.48. The van der Waals surface area contributed by atoms with Gasteiger partial charge >= 0.3 is 6.09 Å². The third kappa shape index (κ3) is 4.35. The zero-order chi connectivity index (χ0) is 18.5. The third-order valence-corrected chi connectivity index (χ3v) is 5.09. The minimum atomic E-state index is -0.884. The molecule has 0 bridgehead atoms. The van der Waals surface area contributed by atoms with E-state index in [9.17, 15) is 9.59 Å². The summed E-state index contributed by atoms with van der Waals surface area (Å²) in [5.41, 5.74) is 1.59. The van der Waals surface area contributed by atoms with Crippen molar-refractivity contribution in [2.75, 3.05) is 13.1 Å². The fourth-order valence-electron chi connectivity index (χ4n) is 3.38. The zero-order valence-electron chi connectivity index (χ0n) is 14.3. The van der Waals surface area contributed by atoms with Crippen molar-refractivity contribution in [3.63, 3.8) is 0 Å². The lowest BCUT2D eigenvalue weighted by Gasteiger charge is -2.35. The Morgan fingerprint density at radius 2 is 1.65 bits per heavy atom. The maximum Gasteiger partial charge on any atom is 0.407 e. The van der Waals surface area contributed by atoms with Crippen LogP contribution in [0.5, 0.6) is 0 Å². The number of carbonyl (C=O) groups is 2. The van der Waals surface area contributed by atoms with Crippen molar-refractivity contribution in [3.8, 4) is 0 Å². The number of carboxylic acid groups (broad SMARTS) is 1. The second-order valence-corrected chi connectivity index (χ2v) is 6.91. The molecule has 0 radical (unpaired) electrons. The number of halogens is 1. The number of hydrogen-bond donors (Lipinski definition) is 2. The van der Waals surface area contributed by atoms with Gasteiger partial charge in [-0.3, -0.25) is 4.79 Å². The van der Waals surface area contributed by atoms with Crippen molar-refractivity contribution in [2.45, 2.75) is 18.9 Å². The molecular formula is C20H21ClN2O3. The number of nitrogens with one attached hydrogen (secondary N) is 1. The SMILES string of the molecule is O=C(N[C@H](c1ccccc1)C1CCN(C(=O)O)CC1)c1ccc(Cl)cc1. The molecule has 2 amide bonds. The van der Waals surface area contributed by atoms with Crippen LogP contribution in [0.2, 0.25) is 5.02 Å². The molecule has 2 N–H and O–H groups in total. The lowest BCUT2D eigenvalue weighted by molar-refractivity contribution is 0.0879. The Bertz CT molecular complexity index is 756. The normalized spacial score (nSPS) is 16.1. The molecule has 1 atom stereocenters. The molecule has 0 unspecified atom stereocenters. The van der Waals surface area contributed by atoms with Gasteiger partial charge in [0.25, 0.3) is 5.91 Å². The van der Waals surface area contributed by atoms with Gasteiger partial charge in [-0.1, -0.05) is 41.9 Å². The van der Waals surface area contributed by atoms with Gasteiger partial charge in [-0.2, -0.15) is 0 Å². The number of hydrogen-bond acceptors (Lipinski definition) is 2. The van der Waals surface area contributed by atoms with Gasteiger partial charge in [-0.15, -0.1) is 0 Å². The van der Waals surface area contributed by atoms with E-state index in [4.69, 9.17) is 16.7 Å². The summed E-state index contributed by atoms with van der Waals surface area (Å²) >= 11 is 5.89. The quantitative estimate of drug-likeness (QED) is 0.844. The Kier molecular flexibility index (Phi) is 5.78. The minimum absolute atomic E-state index is 0.156. The first-order chi connectivity index (χ1) is 12.5. The molecule has 0 spiro atoms. The van der Waals surface area contributed by atoms with Gasteiger partial charge in [-0.25, -0.2) is 4.79 Å². The number of nitrogens with zero attached hydrogens (tertiary/aromatic N) is 1. The van der Waals surface area contributed by atoms with E-state index < -0.39 is 6.09 Å². The largest absolute Gasteiger partial charge is 0.465 e.